The monoisotopic (exact) mass is 314 g/mol. The fraction of sp³-hybridized carbons (Fsp3) is 0.286. The molecule has 114 valence electrons. The Morgan fingerprint density at radius 1 is 1.29 bits per heavy atom. The predicted octanol–water partition coefficient (Wildman–Crippen LogP) is 3.70. The summed E-state index contributed by atoms with van der Waals surface area (Å²) >= 11 is 5.38. The largest absolute Gasteiger partial charge is 0.478 e. The van der Waals surface area contributed by atoms with E-state index in [9.17, 15) is 9.59 Å². The van der Waals surface area contributed by atoms with Crippen molar-refractivity contribution < 1.29 is 28.3 Å². The second-order valence-corrected chi connectivity index (χ2v) is 4.31. The van der Waals surface area contributed by atoms with E-state index >= 15 is 0 Å². The summed E-state index contributed by atoms with van der Waals surface area (Å²) in [5.74, 6) is -0.409. The lowest BCUT2D eigenvalue weighted by Crippen LogP contribution is -2.04. The van der Waals surface area contributed by atoms with Crippen LogP contribution in [0.25, 0.3) is 0 Å². The van der Waals surface area contributed by atoms with E-state index in [0.717, 1.165) is 0 Å². The highest BCUT2D eigenvalue weighted by molar-refractivity contribution is 6.29. The van der Waals surface area contributed by atoms with Crippen LogP contribution in [0.5, 0.6) is 0 Å². The van der Waals surface area contributed by atoms with Crippen LogP contribution in [0, 0.1) is 13.8 Å². The molecule has 0 saturated heterocycles. The Kier molecular flexibility index (Phi) is 6.05. The zero-order valence-electron chi connectivity index (χ0n) is 11.8. The van der Waals surface area contributed by atoms with E-state index in [4.69, 9.17) is 30.3 Å². The maximum absolute atomic E-state index is 11.0. The van der Waals surface area contributed by atoms with Gasteiger partial charge in [-0.1, -0.05) is 0 Å². The molecule has 6 nitrogen and oxygen atoms in total. The number of hydrogen-bond donors (Lipinski definition) is 1. The van der Waals surface area contributed by atoms with Gasteiger partial charge < -0.3 is 18.7 Å². The Labute approximate surface area is 126 Å². The SMILES string of the molecule is CCOC(=O)c1ccoc1C.Cc1oc(Cl)cc1C(=O)O. The molecule has 7 heteroatoms. The molecule has 0 spiro atoms. The van der Waals surface area contributed by atoms with Crippen molar-refractivity contribution in [2.75, 3.05) is 6.61 Å². The number of aryl methyl sites for hydroxylation is 2. The minimum absolute atomic E-state index is 0.106. The number of carbonyl (C=O) groups is 2. The highest BCUT2D eigenvalue weighted by Gasteiger charge is 2.12. The van der Waals surface area contributed by atoms with Crippen LogP contribution in [0.4, 0.5) is 0 Å². The number of hydrogen-bond acceptors (Lipinski definition) is 5. The zero-order chi connectivity index (χ0) is 16.0. The summed E-state index contributed by atoms with van der Waals surface area (Å²) in [4.78, 5) is 21.4. The normalized spacial score (nSPS) is 9.71. The summed E-state index contributed by atoms with van der Waals surface area (Å²) in [7, 11) is 0. The molecule has 2 heterocycles. The molecular formula is C14H15ClO6. The molecule has 0 atom stereocenters. The lowest BCUT2D eigenvalue weighted by atomic mass is 10.3. The Balaban J connectivity index is 0.000000211. The first-order valence-electron chi connectivity index (χ1n) is 6.07. The molecule has 2 rings (SSSR count). The van der Waals surface area contributed by atoms with Gasteiger partial charge in [0.25, 0.3) is 0 Å². The standard InChI is InChI=1S/C8H10O3.C6H5ClO3/c1-3-10-8(9)7-4-5-11-6(7)2;1-3-4(6(8)9)2-5(7)10-3/h4-5H,3H2,1-2H3;2H,1H3,(H,8,9). The van der Waals surface area contributed by atoms with Crippen LogP contribution in [-0.4, -0.2) is 23.7 Å². The van der Waals surface area contributed by atoms with Gasteiger partial charge in [0.2, 0.25) is 0 Å². The van der Waals surface area contributed by atoms with Gasteiger partial charge >= 0.3 is 11.9 Å². The van der Waals surface area contributed by atoms with Crippen molar-refractivity contribution in [2.45, 2.75) is 20.8 Å². The van der Waals surface area contributed by atoms with Crippen LogP contribution >= 0.6 is 11.6 Å². The Hall–Kier alpha value is -2.21. The van der Waals surface area contributed by atoms with Crippen molar-refractivity contribution in [3.8, 4) is 0 Å². The molecule has 0 bridgehead atoms. The molecule has 0 aliphatic heterocycles. The van der Waals surface area contributed by atoms with Crippen LogP contribution in [0.1, 0.15) is 39.2 Å². The Bertz CT molecular complexity index is 625. The lowest BCUT2D eigenvalue weighted by Gasteiger charge is -1.97. The number of ether oxygens (including phenoxy) is 1. The molecule has 21 heavy (non-hydrogen) atoms. The summed E-state index contributed by atoms with van der Waals surface area (Å²) < 4.78 is 14.5. The van der Waals surface area contributed by atoms with Crippen LogP contribution in [0.15, 0.2) is 27.2 Å². The third-order valence-corrected chi connectivity index (χ3v) is 2.66. The van der Waals surface area contributed by atoms with E-state index < -0.39 is 5.97 Å². The number of aromatic carboxylic acids is 1. The second kappa shape index (κ2) is 7.54. The number of rotatable bonds is 3. The smallest absolute Gasteiger partial charge is 0.341 e. The first kappa shape index (κ1) is 16.8. The van der Waals surface area contributed by atoms with Crippen molar-refractivity contribution in [2.24, 2.45) is 0 Å². The zero-order valence-corrected chi connectivity index (χ0v) is 12.6. The second-order valence-electron chi connectivity index (χ2n) is 3.94. The summed E-state index contributed by atoms with van der Waals surface area (Å²) in [6, 6.07) is 2.88. The molecule has 0 amide bonds. The minimum Gasteiger partial charge on any atom is -0.478 e. The van der Waals surface area contributed by atoms with Gasteiger partial charge in [0.1, 0.15) is 22.6 Å². The van der Waals surface area contributed by atoms with E-state index in [1.807, 2.05) is 0 Å². The van der Waals surface area contributed by atoms with Gasteiger partial charge in [-0.3, -0.25) is 0 Å². The minimum atomic E-state index is -1.02. The number of carbonyl (C=O) groups excluding carboxylic acids is 1. The highest BCUT2D eigenvalue weighted by Crippen LogP contribution is 2.18. The van der Waals surface area contributed by atoms with Crippen molar-refractivity contribution in [1.82, 2.24) is 0 Å². The number of halogens is 1. The van der Waals surface area contributed by atoms with Gasteiger partial charge in [0.05, 0.1) is 12.9 Å². The fourth-order valence-corrected chi connectivity index (χ4v) is 1.69. The first-order valence-corrected chi connectivity index (χ1v) is 6.45. The molecule has 2 aromatic heterocycles. The van der Waals surface area contributed by atoms with Crippen LogP contribution in [-0.2, 0) is 4.74 Å². The van der Waals surface area contributed by atoms with Gasteiger partial charge in [-0.25, -0.2) is 9.59 Å². The van der Waals surface area contributed by atoms with Crippen molar-refractivity contribution in [3.63, 3.8) is 0 Å². The van der Waals surface area contributed by atoms with Crippen LogP contribution in [0.3, 0.4) is 0 Å². The molecule has 0 radical (unpaired) electrons. The molecule has 0 saturated carbocycles. The average Bonchev–Trinajstić information content (AvgIpc) is 2.96. The van der Waals surface area contributed by atoms with E-state index in [1.165, 1.54) is 12.3 Å². The van der Waals surface area contributed by atoms with Crippen LogP contribution < -0.4 is 0 Å². The average molecular weight is 315 g/mol. The van der Waals surface area contributed by atoms with Gasteiger partial charge in [-0.05, 0) is 38.4 Å². The predicted molar refractivity (Wildman–Crippen MR) is 74.8 cm³/mol. The Morgan fingerprint density at radius 2 is 1.95 bits per heavy atom. The van der Waals surface area contributed by atoms with Crippen molar-refractivity contribution >= 4 is 23.5 Å². The maximum atomic E-state index is 11.0. The highest BCUT2D eigenvalue weighted by atomic mass is 35.5. The number of esters is 1. The summed E-state index contributed by atoms with van der Waals surface area (Å²) in [6.07, 6.45) is 1.47. The van der Waals surface area contributed by atoms with E-state index in [0.29, 0.717) is 23.7 Å². The third kappa shape index (κ3) is 4.68. The van der Waals surface area contributed by atoms with E-state index in [-0.39, 0.29) is 16.8 Å². The lowest BCUT2D eigenvalue weighted by molar-refractivity contribution is 0.0523. The van der Waals surface area contributed by atoms with E-state index in [1.54, 1.807) is 26.8 Å². The van der Waals surface area contributed by atoms with Gasteiger partial charge in [-0.2, -0.15) is 0 Å². The molecule has 0 aromatic carbocycles. The van der Waals surface area contributed by atoms with Crippen LogP contribution in [0.2, 0.25) is 5.22 Å². The third-order valence-electron chi connectivity index (χ3n) is 2.47. The van der Waals surface area contributed by atoms with Gasteiger partial charge in [-0.15, -0.1) is 0 Å². The van der Waals surface area contributed by atoms with Gasteiger partial charge in [0.15, 0.2) is 5.22 Å². The molecule has 0 aliphatic rings. The van der Waals surface area contributed by atoms with E-state index in [2.05, 4.69) is 0 Å². The number of carboxylic acid groups (broad SMARTS) is 1. The van der Waals surface area contributed by atoms with Gasteiger partial charge in [0, 0.05) is 6.07 Å². The number of carboxylic acids is 1. The summed E-state index contributed by atoms with van der Waals surface area (Å²) in [6.45, 7) is 5.44. The molecular weight excluding hydrogens is 300 g/mol. The quantitative estimate of drug-likeness (QED) is 0.869. The van der Waals surface area contributed by atoms with Crippen molar-refractivity contribution in [1.29, 1.82) is 0 Å². The van der Waals surface area contributed by atoms with Crippen molar-refractivity contribution in [3.05, 3.63) is 46.3 Å². The topological polar surface area (TPSA) is 89.9 Å². The number of furan rings is 2. The molecule has 0 unspecified atom stereocenters. The first-order chi connectivity index (χ1) is 9.86. The summed E-state index contributed by atoms with van der Waals surface area (Å²) in [5.41, 5.74) is 0.622. The molecule has 2 aromatic rings. The molecule has 1 N–H and O–H groups in total. The Morgan fingerprint density at radius 3 is 2.29 bits per heavy atom. The maximum Gasteiger partial charge on any atom is 0.341 e. The fourth-order valence-electron chi connectivity index (χ4n) is 1.46. The summed E-state index contributed by atoms with van der Waals surface area (Å²) in [5, 5.41) is 8.57. The molecule has 0 aliphatic carbocycles. The molecule has 0 fully saturated rings.